The summed E-state index contributed by atoms with van der Waals surface area (Å²) in [4.78, 5) is 16.3. The molecule has 0 saturated heterocycles. The van der Waals surface area contributed by atoms with Crippen molar-refractivity contribution in [2.24, 2.45) is 4.99 Å². The summed E-state index contributed by atoms with van der Waals surface area (Å²) in [7, 11) is 0. The number of hydrogen-bond donors (Lipinski definition) is 2. The van der Waals surface area contributed by atoms with Crippen molar-refractivity contribution in [1.82, 2.24) is 15.2 Å². The summed E-state index contributed by atoms with van der Waals surface area (Å²) in [5.41, 5.74) is 1.31. The van der Waals surface area contributed by atoms with E-state index >= 15 is 0 Å². The maximum Gasteiger partial charge on any atom is 0.250 e. The lowest BCUT2D eigenvalue weighted by molar-refractivity contribution is 0.241. The quantitative estimate of drug-likeness (QED) is 0.255. The second kappa shape index (κ2) is 11.7. The average Bonchev–Trinajstić information content (AvgIpc) is 3.10. The molecule has 1 aromatic heterocycles. The normalized spacial score (nSPS) is 15.3. The summed E-state index contributed by atoms with van der Waals surface area (Å²) in [5, 5.41) is 6.64. The number of fused-ring (bicyclic) bond motifs is 1. The number of unbranched alkanes of at least 4 members (excludes halogenated alkanes) is 1. The Bertz CT molecular complexity index is 797. The number of nitrogens with zero attached hydrogens (tertiary/aromatic N) is 2. The van der Waals surface area contributed by atoms with Gasteiger partial charge >= 0.3 is 0 Å². The van der Waals surface area contributed by atoms with Crippen LogP contribution >= 0.6 is 24.0 Å². The molecule has 0 bridgehead atoms. The summed E-state index contributed by atoms with van der Waals surface area (Å²) < 4.78 is 7.69. The zero-order valence-corrected chi connectivity index (χ0v) is 18.6. The molecule has 1 aromatic carbocycles. The molecule has 0 amide bonds. The van der Waals surface area contributed by atoms with E-state index in [1.54, 1.807) is 16.7 Å². The minimum atomic E-state index is 0. The van der Waals surface area contributed by atoms with Crippen molar-refractivity contribution < 1.29 is 4.74 Å². The SMILES string of the molecule is CCNC(=NCC1Cc2ccccc2O1)NCCCCn1ccccc1=O.I. The zero-order valence-electron chi connectivity index (χ0n) is 16.3. The van der Waals surface area contributed by atoms with E-state index in [0.29, 0.717) is 6.54 Å². The number of nitrogens with one attached hydrogen (secondary N) is 2. The summed E-state index contributed by atoms with van der Waals surface area (Å²) in [5.74, 6) is 1.79. The van der Waals surface area contributed by atoms with Crippen LogP contribution in [0, 0.1) is 0 Å². The van der Waals surface area contributed by atoms with Gasteiger partial charge in [-0.3, -0.25) is 4.79 Å². The zero-order chi connectivity index (χ0) is 18.9. The maximum absolute atomic E-state index is 11.7. The Balaban J connectivity index is 0.00000280. The fraction of sp³-hybridized carbons (Fsp3) is 0.429. The van der Waals surface area contributed by atoms with Crippen LogP contribution in [0.2, 0.25) is 0 Å². The van der Waals surface area contributed by atoms with Gasteiger partial charge in [0.05, 0.1) is 6.54 Å². The van der Waals surface area contributed by atoms with Crippen molar-refractivity contribution in [3.05, 3.63) is 64.6 Å². The van der Waals surface area contributed by atoms with Crippen molar-refractivity contribution in [3.63, 3.8) is 0 Å². The molecule has 0 aliphatic carbocycles. The number of ether oxygens (including phenoxy) is 1. The van der Waals surface area contributed by atoms with Gasteiger partial charge in [0.15, 0.2) is 5.96 Å². The van der Waals surface area contributed by atoms with E-state index in [9.17, 15) is 4.79 Å². The summed E-state index contributed by atoms with van der Waals surface area (Å²) >= 11 is 0. The van der Waals surface area contributed by atoms with Crippen molar-refractivity contribution >= 4 is 29.9 Å². The molecule has 2 aromatic rings. The monoisotopic (exact) mass is 496 g/mol. The van der Waals surface area contributed by atoms with Crippen LogP contribution in [0.4, 0.5) is 0 Å². The van der Waals surface area contributed by atoms with Crippen LogP contribution in [0.15, 0.2) is 58.4 Å². The van der Waals surface area contributed by atoms with Crippen LogP contribution in [0.5, 0.6) is 5.75 Å². The van der Waals surface area contributed by atoms with Crippen molar-refractivity contribution in [3.8, 4) is 5.75 Å². The molecule has 1 unspecified atom stereocenters. The van der Waals surface area contributed by atoms with Crippen LogP contribution in [0.3, 0.4) is 0 Å². The van der Waals surface area contributed by atoms with Gasteiger partial charge in [-0.1, -0.05) is 24.3 Å². The molecule has 2 N–H and O–H groups in total. The molecule has 6 nitrogen and oxygen atoms in total. The third-order valence-electron chi connectivity index (χ3n) is 4.53. The molecular formula is C21H29IN4O2. The first-order valence-electron chi connectivity index (χ1n) is 9.68. The molecular weight excluding hydrogens is 467 g/mol. The van der Waals surface area contributed by atoms with E-state index in [-0.39, 0.29) is 35.6 Å². The number of halogens is 1. The third-order valence-corrected chi connectivity index (χ3v) is 4.53. The highest BCUT2D eigenvalue weighted by atomic mass is 127. The van der Waals surface area contributed by atoms with Crippen LogP contribution < -0.4 is 20.9 Å². The molecule has 152 valence electrons. The molecule has 28 heavy (non-hydrogen) atoms. The molecule has 7 heteroatoms. The van der Waals surface area contributed by atoms with Gasteiger partial charge in [-0.25, -0.2) is 4.99 Å². The second-order valence-corrected chi connectivity index (χ2v) is 6.64. The molecule has 0 radical (unpaired) electrons. The summed E-state index contributed by atoms with van der Waals surface area (Å²) in [6.45, 7) is 5.06. The van der Waals surface area contributed by atoms with Crippen LogP contribution in [-0.4, -0.2) is 36.3 Å². The van der Waals surface area contributed by atoms with Gasteiger partial charge in [-0.05, 0) is 37.5 Å². The Labute approximate surface area is 183 Å². The Hall–Kier alpha value is -2.03. The van der Waals surface area contributed by atoms with Crippen LogP contribution in [-0.2, 0) is 13.0 Å². The maximum atomic E-state index is 11.7. The topological polar surface area (TPSA) is 67.7 Å². The van der Waals surface area contributed by atoms with Gasteiger partial charge in [-0.15, -0.1) is 24.0 Å². The number of aryl methyl sites for hydroxylation is 1. The second-order valence-electron chi connectivity index (χ2n) is 6.64. The van der Waals surface area contributed by atoms with E-state index < -0.39 is 0 Å². The largest absolute Gasteiger partial charge is 0.488 e. The lowest BCUT2D eigenvalue weighted by atomic mass is 10.1. The highest BCUT2D eigenvalue weighted by Crippen LogP contribution is 2.28. The van der Waals surface area contributed by atoms with E-state index in [0.717, 1.165) is 50.6 Å². The highest BCUT2D eigenvalue weighted by molar-refractivity contribution is 14.0. The van der Waals surface area contributed by atoms with Crippen LogP contribution in [0.25, 0.3) is 0 Å². The number of aromatic nitrogens is 1. The number of hydrogen-bond acceptors (Lipinski definition) is 3. The van der Waals surface area contributed by atoms with Crippen molar-refractivity contribution in [2.45, 2.75) is 38.8 Å². The van der Waals surface area contributed by atoms with E-state index in [4.69, 9.17) is 4.74 Å². The van der Waals surface area contributed by atoms with Crippen LogP contribution in [0.1, 0.15) is 25.3 Å². The fourth-order valence-corrected chi connectivity index (χ4v) is 3.15. The smallest absolute Gasteiger partial charge is 0.250 e. The minimum Gasteiger partial charge on any atom is -0.488 e. The number of pyridine rings is 1. The van der Waals surface area contributed by atoms with Gasteiger partial charge in [0.25, 0.3) is 0 Å². The molecule has 1 aliphatic rings. The van der Waals surface area contributed by atoms with Crippen molar-refractivity contribution in [2.75, 3.05) is 19.6 Å². The van der Waals surface area contributed by atoms with Gasteiger partial charge in [0.2, 0.25) is 5.56 Å². The molecule has 1 atom stereocenters. The first-order chi connectivity index (χ1) is 13.3. The van der Waals surface area contributed by atoms with Gasteiger partial charge in [0, 0.05) is 38.3 Å². The molecule has 3 rings (SSSR count). The molecule has 1 aliphatic heterocycles. The lowest BCUT2D eigenvalue weighted by Crippen LogP contribution is -2.38. The van der Waals surface area contributed by atoms with Gasteiger partial charge in [-0.2, -0.15) is 0 Å². The number of para-hydroxylation sites is 1. The molecule has 0 spiro atoms. The van der Waals surface area contributed by atoms with E-state index in [1.807, 2.05) is 30.5 Å². The summed E-state index contributed by atoms with van der Waals surface area (Å²) in [6, 6.07) is 13.4. The van der Waals surface area contributed by atoms with E-state index in [2.05, 4.69) is 28.6 Å². The lowest BCUT2D eigenvalue weighted by Gasteiger charge is -2.13. The Morgan fingerprint density at radius 1 is 1.18 bits per heavy atom. The Kier molecular flexibility index (Phi) is 9.33. The van der Waals surface area contributed by atoms with Crippen molar-refractivity contribution in [1.29, 1.82) is 0 Å². The van der Waals surface area contributed by atoms with Gasteiger partial charge in [0.1, 0.15) is 11.9 Å². The first kappa shape index (κ1) is 22.3. The molecule has 0 fully saturated rings. The summed E-state index contributed by atoms with van der Waals surface area (Å²) in [6.07, 6.45) is 4.75. The average molecular weight is 496 g/mol. The number of guanidine groups is 1. The van der Waals surface area contributed by atoms with E-state index in [1.165, 1.54) is 5.56 Å². The minimum absolute atomic E-state index is 0. The first-order valence-corrected chi connectivity index (χ1v) is 9.68. The molecule has 2 heterocycles. The standard InChI is InChI=1S/C21H28N4O2.HI/c1-2-22-21(23-12-6-8-14-25-13-7-5-11-20(25)26)24-16-18-15-17-9-3-4-10-19(17)27-18;/h3-5,7,9-11,13,18H,2,6,8,12,14-16H2,1H3,(H2,22,23,24);1H. The number of rotatable bonds is 8. The number of benzene rings is 1. The predicted molar refractivity (Wildman–Crippen MR) is 124 cm³/mol. The highest BCUT2D eigenvalue weighted by Gasteiger charge is 2.21. The van der Waals surface area contributed by atoms with Gasteiger partial charge < -0.3 is 19.9 Å². The predicted octanol–water partition coefficient (Wildman–Crippen LogP) is 2.81. The number of aliphatic imine (C=N–C) groups is 1. The fourth-order valence-electron chi connectivity index (χ4n) is 3.15. The Morgan fingerprint density at radius 3 is 2.79 bits per heavy atom. The third kappa shape index (κ3) is 6.54. The Morgan fingerprint density at radius 2 is 2.00 bits per heavy atom. The molecule has 0 saturated carbocycles.